The molecule has 0 saturated carbocycles. The van der Waals surface area contributed by atoms with E-state index < -0.39 is 0 Å². The average Bonchev–Trinajstić information content (AvgIpc) is 2.78. The Labute approximate surface area is 155 Å². The van der Waals surface area contributed by atoms with Crippen molar-refractivity contribution in [2.75, 3.05) is 5.75 Å². The van der Waals surface area contributed by atoms with Crippen molar-refractivity contribution in [3.63, 3.8) is 0 Å². The Morgan fingerprint density at radius 1 is 1.17 bits per heavy atom. The van der Waals surface area contributed by atoms with Gasteiger partial charge in [-0.3, -0.25) is 5.32 Å². The number of benzene rings is 2. The first kappa shape index (κ1) is 17.8. The fourth-order valence-corrected chi connectivity index (χ4v) is 5.02. The average molecular weight is 360 g/mol. The maximum Gasteiger partial charge on any atom is 0.0592 e. The predicted octanol–water partition coefficient (Wildman–Crippen LogP) is 6.46. The summed E-state index contributed by atoms with van der Waals surface area (Å²) in [7, 11) is 0. The van der Waals surface area contributed by atoms with Gasteiger partial charge in [0.15, 0.2) is 0 Å². The number of fused-ring (bicyclic) bond motifs is 1. The van der Waals surface area contributed by atoms with Crippen LogP contribution in [0.3, 0.4) is 0 Å². The van der Waals surface area contributed by atoms with Crippen molar-refractivity contribution < 1.29 is 0 Å². The summed E-state index contributed by atoms with van der Waals surface area (Å²) in [6.45, 7) is 4.59. The van der Waals surface area contributed by atoms with Crippen molar-refractivity contribution in [3.05, 3.63) is 64.7 Å². The van der Waals surface area contributed by atoms with Gasteiger partial charge in [0, 0.05) is 21.2 Å². The zero-order valence-corrected chi connectivity index (χ0v) is 16.1. The zero-order valence-electron chi connectivity index (χ0n) is 14.5. The molecule has 0 unspecified atom stereocenters. The molecule has 2 aromatic rings. The topological polar surface area (TPSA) is 12.0 Å². The molecule has 0 fully saturated rings. The smallest absolute Gasteiger partial charge is 0.0592 e. The number of halogens is 1. The number of hydrogen-bond acceptors (Lipinski definition) is 2. The van der Waals surface area contributed by atoms with Gasteiger partial charge in [0.25, 0.3) is 0 Å². The van der Waals surface area contributed by atoms with Gasteiger partial charge in [-0.1, -0.05) is 68.6 Å². The zero-order chi connectivity index (χ0) is 17.0. The summed E-state index contributed by atoms with van der Waals surface area (Å²) in [5.74, 6) is 1.11. The van der Waals surface area contributed by atoms with Crippen molar-refractivity contribution in [2.45, 2.75) is 56.0 Å². The molecule has 0 spiro atoms. The van der Waals surface area contributed by atoms with Crippen LogP contribution >= 0.6 is 23.4 Å². The molecule has 1 aliphatic heterocycles. The van der Waals surface area contributed by atoms with Crippen LogP contribution in [0.15, 0.2) is 53.4 Å². The van der Waals surface area contributed by atoms with Crippen LogP contribution < -0.4 is 5.32 Å². The van der Waals surface area contributed by atoms with Crippen molar-refractivity contribution >= 4 is 23.4 Å². The third-order valence-corrected chi connectivity index (χ3v) is 6.67. The number of unbranched alkanes of at least 4 members (excludes halogenated alkanes) is 1. The summed E-state index contributed by atoms with van der Waals surface area (Å²) in [6, 6.07) is 17.3. The third kappa shape index (κ3) is 3.82. The van der Waals surface area contributed by atoms with Crippen LogP contribution in [0.4, 0.5) is 0 Å². The number of nitrogens with one attached hydrogen (secondary N) is 1. The van der Waals surface area contributed by atoms with E-state index in [9.17, 15) is 0 Å². The van der Waals surface area contributed by atoms with E-state index >= 15 is 0 Å². The van der Waals surface area contributed by atoms with E-state index in [0.29, 0.717) is 0 Å². The number of thioether (sulfide) groups is 1. The van der Waals surface area contributed by atoms with Gasteiger partial charge in [0.05, 0.1) is 6.04 Å². The van der Waals surface area contributed by atoms with Gasteiger partial charge in [-0.2, -0.15) is 0 Å². The van der Waals surface area contributed by atoms with E-state index in [0.717, 1.165) is 17.2 Å². The van der Waals surface area contributed by atoms with Crippen LogP contribution in [-0.4, -0.2) is 11.3 Å². The maximum atomic E-state index is 6.33. The summed E-state index contributed by atoms with van der Waals surface area (Å²) in [5.41, 5.74) is 2.80. The van der Waals surface area contributed by atoms with Crippen molar-refractivity contribution in [1.29, 1.82) is 0 Å². The Kier molecular flexibility index (Phi) is 5.91. The Balaban J connectivity index is 2.04. The van der Waals surface area contributed by atoms with Crippen molar-refractivity contribution in [1.82, 2.24) is 5.32 Å². The minimum absolute atomic E-state index is 0.173. The lowest BCUT2D eigenvalue weighted by atomic mass is 9.88. The summed E-state index contributed by atoms with van der Waals surface area (Å²) < 4.78 is 0. The van der Waals surface area contributed by atoms with E-state index in [1.807, 2.05) is 17.8 Å². The predicted molar refractivity (Wildman–Crippen MR) is 106 cm³/mol. The Morgan fingerprint density at radius 3 is 2.67 bits per heavy atom. The molecule has 24 heavy (non-hydrogen) atoms. The van der Waals surface area contributed by atoms with Crippen LogP contribution in [0.2, 0.25) is 5.02 Å². The highest BCUT2D eigenvalue weighted by Gasteiger charge is 2.35. The minimum Gasteiger partial charge on any atom is -0.300 e. The van der Waals surface area contributed by atoms with E-state index in [-0.39, 0.29) is 11.6 Å². The molecule has 0 amide bonds. The highest BCUT2D eigenvalue weighted by atomic mass is 35.5. The minimum atomic E-state index is 0.173. The van der Waals surface area contributed by atoms with Crippen LogP contribution in [0.25, 0.3) is 0 Å². The monoisotopic (exact) mass is 359 g/mol. The fraction of sp³-hybridized carbons (Fsp3) is 0.429. The highest BCUT2D eigenvalue weighted by Crippen LogP contribution is 2.41. The first-order valence-corrected chi connectivity index (χ1v) is 10.3. The molecule has 3 heteroatoms. The maximum absolute atomic E-state index is 6.33. The Hall–Kier alpha value is -0.960. The molecule has 0 radical (unpaired) electrons. The fourth-order valence-electron chi connectivity index (χ4n) is 3.47. The molecule has 2 atom stereocenters. The van der Waals surface area contributed by atoms with Gasteiger partial charge in [-0.05, 0) is 42.2 Å². The Bertz CT molecular complexity index is 673. The first-order valence-electron chi connectivity index (χ1n) is 8.92. The lowest BCUT2D eigenvalue weighted by Crippen LogP contribution is -2.48. The SMILES string of the molecule is CCCC[C@@]1(CC)CSc2ccc(Cl)cc2[C@@H](c2ccccc2)N1. The number of rotatable bonds is 5. The lowest BCUT2D eigenvalue weighted by molar-refractivity contribution is 0.298. The second-order valence-corrected chi connectivity index (χ2v) is 8.15. The van der Waals surface area contributed by atoms with E-state index in [4.69, 9.17) is 11.6 Å². The number of hydrogen-bond donors (Lipinski definition) is 1. The molecule has 0 saturated heterocycles. The standard InChI is InChI=1S/C21H26ClNS/c1-3-5-13-21(4-2)15-24-19-12-11-17(22)14-18(19)20(23-21)16-9-7-6-8-10-16/h6-12,14,20,23H,3-5,13,15H2,1-2H3/t20-,21+/m1/s1. The van der Waals surface area contributed by atoms with E-state index in [1.165, 1.54) is 35.3 Å². The summed E-state index contributed by atoms with van der Waals surface area (Å²) in [6.07, 6.45) is 4.87. The van der Waals surface area contributed by atoms with Gasteiger partial charge in [-0.25, -0.2) is 0 Å². The molecular formula is C21H26ClNS. The lowest BCUT2D eigenvalue weighted by Gasteiger charge is -2.36. The second-order valence-electron chi connectivity index (χ2n) is 6.70. The van der Waals surface area contributed by atoms with Crippen molar-refractivity contribution in [2.24, 2.45) is 0 Å². The molecule has 128 valence electrons. The van der Waals surface area contributed by atoms with Crippen LogP contribution in [0.5, 0.6) is 0 Å². The van der Waals surface area contributed by atoms with Gasteiger partial charge in [-0.15, -0.1) is 11.8 Å². The molecule has 3 rings (SSSR count). The molecule has 2 aromatic carbocycles. The molecule has 1 heterocycles. The van der Waals surface area contributed by atoms with Crippen LogP contribution in [0.1, 0.15) is 56.7 Å². The molecule has 0 aromatic heterocycles. The van der Waals surface area contributed by atoms with E-state index in [1.54, 1.807) is 0 Å². The van der Waals surface area contributed by atoms with Gasteiger partial charge < -0.3 is 0 Å². The first-order chi connectivity index (χ1) is 11.7. The molecule has 0 aliphatic carbocycles. The normalized spacial score (nSPS) is 23.5. The third-order valence-electron chi connectivity index (χ3n) is 5.06. The summed E-state index contributed by atoms with van der Waals surface area (Å²) in [5, 5.41) is 4.85. The van der Waals surface area contributed by atoms with E-state index in [2.05, 4.69) is 61.6 Å². The van der Waals surface area contributed by atoms with Crippen molar-refractivity contribution in [3.8, 4) is 0 Å². The molecule has 1 nitrogen and oxygen atoms in total. The molecule has 1 N–H and O–H groups in total. The quantitative estimate of drug-likeness (QED) is 0.657. The molecular weight excluding hydrogens is 334 g/mol. The molecule has 0 bridgehead atoms. The van der Waals surface area contributed by atoms with Gasteiger partial charge in [0.1, 0.15) is 0 Å². The molecule has 1 aliphatic rings. The second kappa shape index (κ2) is 7.95. The summed E-state index contributed by atoms with van der Waals surface area (Å²) >= 11 is 8.31. The van der Waals surface area contributed by atoms with Gasteiger partial charge in [0.2, 0.25) is 0 Å². The van der Waals surface area contributed by atoms with Crippen LogP contribution in [0, 0.1) is 0 Å². The van der Waals surface area contributed by atoms with Crippen LogP contribution in [-0.2, 0) is 0 Å². The largest absolute Gasteiger partial charge is 0.300 e. The van der Waals surface area contributed by atoms with Gasteiger partial charge >= 0.3 is 0 Å². The Morgan fingerprint density at radius 2 is 1.96 bits per heavy atom. The summed E-state index contributed by atoms with van der Waals surface area (Å²) in [4.78, 5) is 1.35. The highest BCUT2D eigenvalue weighted by molar-refractivity contribution is 7.99.